The van der Waals surface area contributed by atoms with Crippen LogP contribution in [0.5, 0.6) is 0 Å². The van der Waals surface area contributed by atoms with Gasteiger partial charge in [0.25, 0.3) is 5.69 Å². The quantitative estimate of drug-likeness (QED) is 0.659. The van der Waals surface area contributed by atoms with Crippen LogP contribution in [0.1, 0.15) is 11.4 Å². The van der Waals surface area contributed by atoms with Crippen molar-refractivity contribution in [2.75, 3.05) is 0 Å². The van der Waals surface area contributed by atoms with E-state index >= 15 is 0 Å². The van der Waals surface area contributed by atoms with Crippen molar-refractivity contribution >= 4 is 5.69 Å². The van der Waals surface area contributed by atoms with Crippen molar-refractivity contribution in [2.45, 2.75) is 13.1 Å². The Labute approximate surface area is 109 Å². The summed E-state index contributed by atoms with van der Waals surface area (Å²) < 4.78 is 14.9. The molecule has 19 heavy (non-hydrogen) atoms. The molecule has 1 aromatic carbocycles. The fourth-order valence-electron chi connectivity index (χ4n) is 1.75. The minimum absolute atomic E-state index is 0.0891. The van der Waals surface area contributed by atoms with Gasteiger partial charge in [-0.15, -0.1) is 0 Å². The second-order valence-corrected chi connectivity index (χ2v) is 4.09. The van der Waals surface area contributed by atoms with Gasteiger partial charge in [-0.2, -0.15) is 0 Å². The third kappa shape index (κ3) is 3.14. The monoisotopic (exact) mass is 264 g/mol. The molecule has 0 saturated carbocycles. The molecule has 1 heterocycles. The lowest BCUT2D eigenvalue weighted by Crippen LogP contribution is -2.16. The number of aromatic nitrogens is 2. The third-order valence-corrected chi connectivity index (χ3v) is 2.76. The van der Waals surface area contributed by atoms with Crippen molar-refractivity contribution in [1.29, 1.82) is 0 Å². The first kappa shape index (κ1) is 13.2. The van der Waals surface area contributed by atoms with E-state index in [9.17, 15) is 14.5 Å². The molecule has 0 amide bonds. The molecule has 0 bridgehead atoms. The molecule has 0 saturated heterocycles. The van der Waals surface area contributed by atoms with E-state index in [1.54, 1.807) is 6.20 Å². The number of nitrogens with one attached hydrogen (secondary N) is 1. The molecule has 0 aliphatic rings. The first-order valence-corrected chi connectivity index (χ1v) is 5.67. The Morgan fingerprint density at radius 1 is 1.47 bits per heavy atom. The Morgan fingerprint density at radius 2 is 2.26 bits per heavy atom. The summed E-state index contributed by atoms with van der Waals surface area (Å²) in [5.74, 6) is 0.318. The zero-order valence-corrected chi connectivity index (χ0v) is 10.3. The highest BCUT2D eigenvalue weighted by atomic mass is 19.1. The van der Waals surface area contributed by atoms with Crippen LogP contribution >= 0.6 is 0 Å². The summed E-state index contributed by atoms with van der Waals surface area (Å²) in [6.07, 6.45) is 3.48. The first-order chi connectivity index (χ1) is 9.08. The fraction of sp³-hybridized carbons (Fsp3) is 0.250. The van der Waals surface area contributed by atoms with Gasteiger partial charge in [0.2, 0.25) is 0 Å². The highest BCUT2D eigenvalue weighted by Gasteiger charge is 2.14. The number of benzene rings is 1. The SMILES string of the molecule is Cn1ccnc1CNCc1cc(F)ccc1[N+](=O)[O-]. The number of halogens is 1. The Balaban J connectivity index is 2.05. The number of imidazole rings is 1. The van der Waals surface area contributed by atoms with E-state index in [2.05, 4.69) is 10.3 Å². The van der Waals surface area contributed by atoms with Crippen molar-refractivity contribution in [3.63, 3.8) is 0 Å². The number of rotatable bonds is 5. The van der Waals surface area contributed by atoms with Crippen LogP contribution in [-0.4, -0.2) is 14.5 Å². The van der Waals surface area contributed by atoms with Gasteiger partial charge < -0.3 is 9.88 Å². The minimum Gasteiger partial charge on any atom is -0.337 e. The van der Waals surface area contributed by atoms with Crippen molar-refractivity contribution < 1.29 is 9.31 Å². The molecule has 0 fully saturated rings. The molecule has 0 aliphatic carbocycles. The number of nitrogens with zero attached hydrogens (tertiary/aromatic N) is 3. The summed E-state index contributed by atoms with van der Waals surface area (Å²) >= 11 is 0. The molecular formula is C12H13FN4O2. The number of nitro groups is 1. The standard InChI is InChI=1S/C12H13FN4O2/c1-16-5-4-15-12(16)8-14-7-9-6-10(13)2-3-11(9)17(18)19/h2-6,14H,7-8H2,1H3. The molecule has 0 atom stereocenters. The van der Waals surface area contributed by atoms with E-state index in [-0.39, 0.29) is 12.2 Å². The van der Waals surface area contributed by atoms with Crippen LogP contribution in [0.25, 0.3) is 0 Å². The number of hydrogen-bond acceptors (Lipinski definition) is 4. The summed E-state index contributed by atoms with van der Waals surface area (Å²) in [7, 11) is 1.86. The maximum atomic E-state index is 13.1. The molecule has 0 unspecified atom stereocenters. The summed E-state index contributed by atoms with van der Waals surface area (Å²) in [6, 6.07) is 3.43. The average molecular weight is 264 g/mol. The number of nitro benzene ring substituents is 1. The number of aryl methyl sites for hydroxylation is 1. The molecule has 100 valence electrons. The van der Waals surface area contributed by atoms with Crippen LogP contribution in [0.2, 0.25) is 0 Å². The van der Waals surface area contributed by atoms with Gasteiger partial charge in [0.1, 0.15) is 11.6 Å². The third-order valence-electron chi connectivity index (χ3n) is 2.76. The van der Waals surface area contributed by atoms with E-state index in [1.807, 2.05) is 17.8 Å². The van der Waals surface area contributed by atoms with E-state index in [0.29, 0.717) is 12.1 Å². The van der Waals surface area contributed by atoms with E-state index < -0.39 is 10.7 Å². The second-order valence-electron chi connectivity index (χ2n) is 4.09. The average Bonchev–Trinajstić information content (AvgIpc) is 2.75. The predicted molar refractivity (Wildman–Crippen MR) is 66.8 cm³/mol. The molecule has 6 nitrogen and oxygen atoms in total. The minimum atomic E-state index is -0.517. The number of hydrogen-bond donors (Lipinski definition) is 1. The molecular weight excluding hydrogens is 251 g/mol. The van der Waals surface area contributed by atoms with Gasteiger partial charge in [-0.05, 0) is 12.1 Å². The summed E-state index contributed by atoms with van der Waals surface area (Å²) in [5, 5.41) is 13.8. The lowest BCUT2D eigenvalue weighted by atomic mass is 10.1. The highest BCUT2D eigenvalue weighted by Crippen LogP contribution is 2.19. The fourth-order valence-corrected chi connectivity index (χ4v) is 1.75. The Morgan fingerprint density at radius 3 is 2.89 bits per heavy atom. The van der Waals surface area contributed by atoms with Gasteiger partial charge >= 0.3 is 0 Å². The molecule has 2 rings (SSSR count). The normalized spacial score (nSPS) is 10.6. The second kappa shape index (κ2) is 5.57. The summed E-state index contributed by atoms with van der Waals surface area (Å²) in [4.78, 5) is 14.4. The molecule has 2 aromatic rings. The molecule has 0 spiro atoms. The first-order valence-electron chi connectivity index (χ1n) is 5.67. The Kier molecular flexibility index (Phi) is 3.86. The zero-order valence-electron chi connectivity index (χ0n) is 10.3. The topological polar surface area (TPSA) is 73.0 Å². The van der Waals surface area contributed by atoms with Crippen LogP contribution in [-0.2, 0) is 20.1 Å². The van der Waals surface area contributed by atoms with Crippen LogP contribution < -0.4 is 5.32 Å². The van der Waals surface area contributed by atoms with Crippen LogP contribution in [0.4, 0.5) is 10.1 Å². The maximum absolute atomic E-state index is 13.1. The molecule has 0 aliphatic heterocycles. The van der Waals surface area contributed by atoms with Crippen LogP contribution in [0, 0.1) is 15.9 Å². The molecule has 1 N–H and O–H groups in total. The van der Waals surface area contributed by atoms with Crippen molar-refractivity contribution in [1.82, 2.24) is 14.9 Å². The van der Waals surface area contributed by atoms with Gasteiger partial charge in [0.05, 0.1) is 11.5 Å². The predicted octanol–water partition coefficient (Wildman–Crippen LogP) is 1.76. The largest absolute Gasteiger partial charge is 0.337 e. The molecule has 0 radical (unpaired) electrons. The van der Waals surface area contributed by atoms with Gasteiger partial charge in [-0.25, -0.2) is 9.37 Å². The Bertz CT molecular complexity index is 597. The van der Waals surface area contributed by atoms with E-state index in [4.69, 9.17) is 0 Å². The van der Waals surface area contributed by atoms with E-state index in [1.165, 1.54) is 12.1 Å². The highest BCUT2D eigenvalue weighted by molar-refractivity contribution is 5.40. The lowest BCUT2D eigenvalue weighted by Gasteiger charge is -2.06. The molecule has 1 aromatic heterocycles. The smallest absolute Gasteiger partial charge is 0.274 e. The summed E-state index contributed by atoms with van der Waals surface area (Å²) in [5.41, 5.74) is 0.230. The Hall–Kier alpha value is -2.28. The van der Waals surface area contributed by atoms with Crippen molar-refractivity contribution in [2.24, 2.45) is 7.05 Å². The van der Waals surface area contributed by atoms with Crippen LogP contribution in [0.3, 0.4) is 0 Å². The summed E-state index contributed by atoms with van der Waals surface area (Å²) in [6.45, 7) is 0.665. The van der Waals surface area contributed by atoms with Gasteiger partial charge in [-0.1, -0.05) is 0 Å². The van der Waals surface area contributed by atoms with Gasteiger partial charge in [0.15, 0.2) is 0 Å². The lowest BCUT2D eigenvalue weighted by molar-refractivity contribution is -0.385. The van der Waals surface area contributed by atoms with Crippen molar-refractivity contribution in [3.05, 3.63) is 57.9 Å². The zero-order chi connectivity index (χ0) is 13.8. The maximum Gasteiger partial charge on any atom is 0.274 e. The van der Waals surface area contributed by atoms with E-state index in [0.717, 1.165) is 11.9 Å². The molecule has 7 heteroatoms. The van der Waals surface area contributed by atoms with Gasteiger partial charge in [0, 0.05) is 37.6 Å². The van der Waals surface area contributed by atoms with Crippen LogP contribution in [0.15, 0.2) is 30.6 Å². The van der Waals surface area contributed by atoms with Crippen molar-refractivity contribution in [3.8, 4) is 0 Å². The van der Waals surface area contributed by atoms with Gasteiger partial charge in [-0.3, -0.25) is 10.1 Å².